The number of ether oxygens (including phenoxy) is 3. The summed E-state index contributed by atoms with van der Waals surface area (Å²) in [6, 6.07) is 0. The van der Waals surface area contributed by atoms with Crippen molar-refractivity contribution in [2.24, 2.45) is 0 Å². The Hall–Kier alpha value is -3.41. The van der Waals surface area contributed by atoms with Crippen LogP contribution in [0.15, 0.2) is 85.1 Å². The second-order valence-electron chi connectivity index (χ2n) is 22.7. The van der Waals surface area contributed by atoms with Gasteiger partial charge in [-0.1, -0.05) is 286 Å². The molecule has 0 saturated carbocycles. The van der Waals surface area contributed by atoms with Crippen LogP contribution in [0.2, 0.25) is 0 Å². The molecule has 0 aromatic rings. The predicted octanol–water partition coefficient (Wildman–Crippen LogP) is 23.4. The van der Waals surface area contributed by atoms with Crippen LogP contribution in [0.25, 0.3) is 0 Å². The lowest BCUT2D eigenvalue weighted by molar-refractivity contribution is -0.167. The summed E-state index contributed by atoms with van der Waals surface area (Å²) in [4.78, 5) is 38.4. The van der Waals surface area contributed by atoms with Crippen molar-refractivity contribution in [2.45, 2.75) is 348 Å². The Bertz CT molecular complexity index is 1500. The van der Waals surface area contributed by atoms with Crippen LogP contribution >= 0.6 is 0 Å². The van der Waals surface area contributed by atoms with Gasteiger partial charge in [0.1, 0.15) is 13.2 Å². The first kappa shape index (κ1) is 75.6. The molecule has 0 bridgehead atoms. The summed E-state index contributed by atoms with van der Waals surface area (Å²) in [6.45, 7) is 6.61. The Labute approximate surface area is 490 Å². The molecule has 0 aliphatic carbocycles. The molecule has 0 aromatic carbocycles. The fourth-order valence-corrected chi connectivity index (χ4v) is 9.69. The van der Waals surface area contributed by atoms with E-state index >= 15 is 0 Å². The van der Waals surface area contributed by atoms with Crippen molar-refractivity contribution in [2.75, 3.05) is 13.2 Å². The van der Waals surface area contributed by atoms with E-state index in [2.05, 4.69) is 106 Å². The van der Waals surface area contributed by atoms with E-state index in [0.717, 1.165) is 89.9 Å². The summed E-state index contributed by atoms with van der Waals surface area (Å²) in [5.41, 5.74) is 0. The Morgan fingerprint density at radius 3 is 0.734 bits per heavy atom. The minimum Gasteiger partial charge on any atom is -0.462 e. The van der Waals surface area contributed by atoms with Gasteiger partial charge in [0.2, 0.25) is 0 Å². The number of carbonyl (C=O) groups is 3. The Morgan fingerprint density at radius 1 is 0.253 bits per heavy atom. The van der Waals surface area contributed by atoms with Gasteiger partial charge in [0, 0.05) is 19.3 Å². The van der Waals surface area contributed by atoms with Crippen molar-refractivity contribution in [1.82, 2.24) is 0 Å². The highest BCUT2D eigenvalue weighted by Gasteiger charge is 2.19. The average molecular weight is 1100 g/mol. The van der Waals surface area contributed by atoms with Gasteiger partial charge in [-0.05, 0) is 122 Å². The monoisotopic (exact) mass is 1100 g/mol. The molecule has 0 aliphatic heterocycles. The topological polar surface area (TPSA) is 78.9 Å². The zero-order valence-corrected chi connectivity index (χ0v) is 52.4. The van der Waals surface area contributed by atoms with Crippen LogP contribution in [-0.2, 0) is 28.6 Å². The standard InChI is InChI=1S/C73H128O6/c1-4-7-10-13-16-19-22-25-28-31-33-34-35-36-37-38-40-42-45-48-51-54-57-60-63-66-72(75)78-69-70(68-77-71(74)65-62-59-56-53-50-47-44-41-30-27-24-21-18-15-12-9-6-3)79-73(76)67-64-61-58-55-52-49-46-43-39-32-29-26-23-20-17-14-11-8-5-2/h17-18,20-22,25-27,29-31,33,35-36,70H,4-16,19,23-24,28,32,34,37-69H2,1-3H3/b20-17-,21-18-,25-22-,29-26-,30-27-,33-31-,36-35-. The highest BCUT2D eigenvalue weighted by Crippen LogP contribution is 2.16. The SMILES string of the molecule is CCCCC/C=C\C/C=C\CCCCCCCCCCCC(=O)OC(COC(=O)CCCCCCCCC/C=C\C/C=C\CCCCC)COC(=O)CCCCCCCCCCCC/C=C\C/C=C\C/C=C\CCCCCCC. The molecule has 0 aliphatic rings. The smallest absolute Gasteiger partial charge is 0.306 e. The van der Waals surface area contributed by atoms with Gasteiger partial charge in [0.15, 0.2) is 6.10 Å². The first-order valence-electron chi connectivity index (χ1n) is 34.1. The third-order valence-electron chi connectivity index (χ3n) is 14.8. The molecular formula is C73H128O6. The molecule has 0 saturated heterocycles. The number of unbranched alkanes of at least 4 members (excludes halogenated alkanes) is 37. The molecule has 0 amide bonds. The minimum atomic E-state index is -0.786. The molecule has 1 atom stereocenters. The highest BCUT2D eigenvalue weighted by molar-refractivity contribution is 5.71. The lowest BCUT2D eigenvalue weighted by Gasteiger charge is -2.18. The molecule has 6 heteroatoms. The van der Waals surface area contributed by atoms with Gasteiger partial charge in [-0.2, -0.15) is 0 Å². The van der Waals surface area contributed by atoms with Crippen LogP contribution < -0.4 is 0 Å². The molecule has 0 radical (unpaired) electrons. The van der Waals surface area contributed by atoms with Gasteiger partial charge in [-0.25, -0.2) is 0 Å². The summed E-state index contributed by atoms with van der Waals surface area (Å²) in [7, 11) is 0. The number of rotatable bonds is 62. The number of hydrogen-bond acceptors (Lipinski definition) is 6. The summed E-state index contributed by atoms with van der Waals surface area (Å²) < 4.78 is 17.0. The zero-order valence-electron chi connectivity index (χ0n) is 52.4. The molecule has 6 nitrogen and oxygen atoms in total. The van der Waals surface area contributed by atoms with Gasteiger partial charge < -0.3 is 14.2 Å². The minimum absolute atomic E-state index is 0.0816. The molecule has 0 heterocycles. The number of carbonyl (C=O) groups excluding carboxylic acids is 3. The number of esters is 3. The quantitative estimate of drug-likeness (QED) is 0.0261. The summed E-state index contributed by atoms with van der Waals surface area (Å²) in [5.74, 6) is -0.882. The Balaban J connectivity index is 4.36. The first-order chi connectivity index (χ1) is 39.0. The lowest BCUT2D eigenvalue weighted by Crippen LogP contribution is -2.30. The summed E-state index contributed by atoms with van der Waals surface area (Å²) in [5, 5.41) is 0. The van der Waals surface area contributed by atoms with E-state index < -0.39 is 6.10 Å². The summed E-state index contributed by atoms with van der Waals surface area (Å²) >= 11 is 0. The van der Waals surface area contributed by atoms with E-state index in [1.165, 1.54) is 212 Å². The predicted molar refractivity (Wildman–Crippen MR) is 344 cm³/mol. The third-order valence-corrected chi connectivity index (χ3v) is 14.8. The van der Waals surface area contributed by atoms with Crippen LogP contribution in [0.4, 0.5) is 0 Å². The fourth-order valence-electron chi connectivity index (χ4n) is 9.69. The molecule has 456 valence electrons. The van der Waals surface area contributed by atoms with Crippen molar-refractivity contribution in [3.05, 3.63) is 85.1 Å². The van der Waals surface area contributed by atoms with Gasteiger partial charge in [-0.15, -0.1) is 0 Å². The molecule has 0 aromatic heterocycles. The van der Waals surface area contributed by atoms with E-state index in [0.29, 0.717) is 19.3 Å². The average Bonchev–Trinajstić information content (AvgIpc) is 3.45. The van der Waals surface area contributed by atoms with E-state index in [9.17, 15) is 14.4 Å². The van der Waals surface area contributed by atoms with E-state index in [1.807, 2.05) is 0 Å². The Morgan fingerprint density at radius 2 is 0.456 bits per heavy atom. The number of allylic oxidation sites excluding steroid dienone is 14. The van der Waals surface area contributed by atoms with Gasteiger partial charge in [0.25, 0.3) is 0 Å². The van der Waals surface area contributed by atoms with Gasteiger partial charge >= 0.3 is 17.9 Å². The van der Waals surface area contributed by atoms with Crippen LogP contribution in [0.3, 0.4) is 0 Å². The maximum absolute atomic E-state index is 12.9. The number of hydrogen-bond donors (Lipinski definition) is 0. The molecule has 0 fully saturated rings. The maximum Gasteiger partial charge on any atom is 0.306 e. The van der Waals surface area contributed by atoms with Crippen molar-refractivity contribution in [3.8, 4) is 0 Å². The van der Waals surface area contributed by atoms with Crippen molar-refractivity contribution >= 4 is 17.9 Å². The molecule has 79 heavy (non-hydrogen) atoms. The molecule has 1 unspecified atom stereocenters. The second kappa shape index (κ2) is 67.1. The van der Waals surface area contributed by atoms with Crippen molar-refractivity contribution < 1.29 is 28.6 Å². The molecule has 0 spiro atoms. The molecular weight excluding hydrogens is 973 g/mol. The van der Waals surface area contributed by atoms with E-state index in [1.54, 1.807) is 0 Å². The zero-order chi connectivity index (χ0) is 57.1. The summed E-state index contributed by atoms with van der Waals surface area (Å²) in [6.07, 6.45) is 88.7. The first-order valence-corrected chi connectivity index (χ1v) is 34.1. The van der Waals surface area contributed by atoms with E-state index in [4.69, 9.17) is 14.2 Å². The third kappa shape index (κ3) is 65.3. The maximum atomic E-state index is 12.9. The molecule has 0 rings (SSSR count). The van der Waals surface area contributed by atoms with Crippen molar-refractivity contribution in [3.63, 3.8) is 0 Å². The van der Waals surface area contributed by atoms with Crippen molar-refractivity contribution in [1.29, 1.82) is 0 Å². The highest BCUT2D eigenvalue weighted by atomic mass is 16.6. The van der Waals surface area contributed by atoms with E-state index in [-0.39, 0.29) is 31.1 Å². The molecule has 0 N–H and O–H groups in total. The second-order valence-corrected chi connectivity index (χ2v) is 22.7. The van der Waals surface area contributed by atoms with Crippen LogP contribution in [0.1, 0.15) is 342 Å². The normalized spacial score (nSPS) is 12.6. The largest absolute Gasteiger partial charge is 0.462 e. The van der Waals surface area contributed by atoms with Crippen LogP contribution in [0, 0.1) is 0 Å². The Kier molecular flexibility index (Phi) is 64.2. The van der Waals surface area contributed by atoms with Crippen LogP contribution in [0.5, 0.6) is 0 Å². The van der Waals surface area contributed by atoms with Gasteiger partial charge in [-0.3, -0.25) is 14.4 Å². The van der Waals surface area contributed by atoms with Gasteiger partial charge in [0.05, 0.1) is 0 Å². The lowest BCUT2D eigenvalue weighted by atomic mass is 10.0. The fraction of sp³-hybridized carbons (Fsp3) is 0.767. The van der Waals surface area contributed by atoms with Crippen LogP contribution in [-0.4, -0.2) is 37.2 Å².